The van der Waals surface area contributed by atoms with Crippen molar-refractivity contribution in [2.75, 3.05) is 14.2 Å². The van der Waals surface area contributed by atoms with Crippen molar-refractivity contribution in [1.29, 1.82) is 0 Å². The Morgan fingerprint density at radius 3 is 1.35 bits per heavy atom. The molecule has 0 unspecified atom stereocenters. The van der Waals surface area contributed by atoms with E-state index in [2.05, 4.69) is 0 Å². The first-order valence-corrected chi connectivity index (χ1v) is 8.98. The molecule has 0 amide bonds. The Balaban J connectivity index is 3.30. The maximum Gasteiger partial charge on any atom is 0.330 e. The third-order valence-corrected chi connectivity index (χ3v) is 3.94. The number of methoxy groups -OCH3 is 2. The van der Waals surface area contributed by atoms with Crippen LogP contribution in [-0.4, -0.2) is 33.8 Å². The predicted molar refractivity (Wildman–Crippen MR) is 71.0 cm³/mol. The van der Waals surface area contributed by atoms with Gasteiger partial charge in [-0.1, -0.05) is 0 Å². The number of ether oxygens (including phenoxy) is 2. The summed E-state index contributed by atoms with van der Waals surface area (Å²) in [5, 5.41) is 0. The van der Waals surface area contributed by atoms with Crippen molar-refractivity contribution in [3.05, 3.63) is 23.3 Å². The molecule has 0 fully saturated rings. The molecular formula is C10H16O8P2. The van der Waals surface area contributed by atoms with E-state index in [1.807, 2.05) is 0 Å². The summed E-state index contributed by atoms with van der Waals surface area (Å²) in [5.41, 5.74) is 0.402. The average molecular weight is 326 g/mol. The van der Waals surface area contributed by atoms with Gasteiger partial charge in [-0.05, 0) is 12.1 Å². The Morgan fingerprint density at radius 1 is 0.850 bits per heavy atom. The molecule has 0 spiro atoms. The molecular weight excluding hydrogens is 310 g/mol. The fraction of sp³-hybridized carbons (Fsp3) is 0.400. The van der Waals surface area contributed by atoms with E-state index in [9.17, 15) is 9.13 Å². The lowest BCUT2D eigenvalue weighted by molar-refractivity contribution is 0.362. The van der Waals surface area contributed by atoms with Gasteiger partial charge in [-0.15, -0.1) is 0 Å². The van der Waals surface area contributed by atoms with Gasteiger partial charge in [0.15, 0.2) is 0 Å². The molecule has 1 aromatic rings. The second kappa shape index (κ2) is 6.26. The number of hydrogen-bond acceptors (Lipinski definition) is 4. The quantitative estimate of drug-likeness (QED) is 0.570. The van der Waals surface area contributed by atoms with Gasteiger partial charge in [0.2, 0.25) is 0 Å². The molecule has 8 nitrogen and oxygen atoms in total. The standard InChI is InChI=1S/C10H16O8P2/c1-17-9-3-8(6-20(14,15)16)10(18-2)4-7(9)5-19(11,12)13/h3-4H,5-6H2,1-2H3,(H2,11,12,13)(H2,14,15,16). The monoisotopic (exact) mass is 326 g/mol. The molecule has 0 saturated carbocycles. The maximum atomic E-state index is 11.1. The van der Waals surface area contributed by atoms with E-state index in [4.69, 9.17) is 29.0 Å². The number of hydrogen-bond donors (Lipinski definition) is 4. The third kappa shape index (κ3) is 5.25. The molecule has 1 aromatic carbocycles. The summed E-state index contributed by atoms with van der Waals surface area (Å²) in [7, 11) is -6.01. The molecule has 0 saturated heterocycles. The molecule has 0 atom stereocenters. The van der Waals surface area contributed by atoms with Gasteiger partial charge in [0.25, 0.3) is 0 Å². The fourth-order valence-corrected chi connectivity index (χ4v) is 3.10. The first-order valence-electron chi connectivity index (χ1n) is 5.38. The Morgan fingerprint density at radius 2 is 1.15 bits per heavy atom. The molecule has 20 heavy (non-hydrogen) atoms. The van der Waals surface area contributed by atoms with Crippen LogP contribution in [0.3, 0.4) is 0 Å². The maximum absolute atomic E-state index is 11.1. The van der Waals surface area contributed by atoms with Crippen molar-refractivity contribution in [1.82, 2.24) is 0 Å². The average Bonchev–Trinajstić information content (AvgIpc) is 2.26. The summed E-state index contributed by atoms with van der Waals surface area (Å²) in [6, 6.07) is 2.62. The van der Waals surface area contributed by atoms with Gasteiger partial charge in [-0.25, -0.2) is 0 Å². The van der Waals surface area contributed by atoms with Gasteiger partial charge in [-0.3, -0.25) is 9.13 Å². The van der Waals surface area contributed by atoms with Gasteiger partial charge in [-0.2, -0.15) is 0 Å². The predicted octanol–water partition coefficient (Wildman–Crippen LogP) is 1.06. The fourth-order valence-electron chi connectivity index (χ4n) is 1.72. The van der Waals surface area contributed by atoms with E-state index >= 15 is 0 Å². The molecule has 10 heteroatoms. The third-order valence-electron chi connectivity index (χ3n) is 2.44. The zero-order chi connectivity index (χ0) is 15.6. The second-order valence-corrected chi connectivity index (χ2v) is 7.41. The lowest BCUT2D eigenvalue weighted by atomic mass is 10.1. The zero-order valence-corrected chi connectivity index (χ0v) is 12.7. The minimum atomic E-state index is -4.30. The molecule has 0 heterocycles. The van der Waals surface area contributed by atoms with E-state index in [1.54, 1.807) is 0 Å². The molecule has 0 aliphatic rings. The molecule has 0 aliphatic carbocycles. The molecule has 0 aromatic heterocycles. The van der Waals surface area contributed by atoms with Crippen LogP contribution in [-0.2, 0) is 21.5 Å². The van der Waals surface area contributed by atoms with Crippen molar-refractivity contribution in [3.8, 4) is 11.5 Å². The first kappa shape index (κ1) is 17.2. The minimum absolute atomic E-state index is 0.137. The molecule has 0 aliphatic heterocycles. The molecule has 4 N–H and O–H groups in total. The van der Waals surface area contributed by atoms with Gasteiger partial charge in [0.1, 0.15) is 11.5 Å². The van der Waals surface area contributed by atoms with Crippen LogP contribution in [0, 0.1) is 0 Å². The SMILES string of the molecule is COc1cc(CP(=O)(O)O)c(OC)cc1CP(=O)(O)O. The lowest BCUT2D eigenvalue weighted by Gasteiger charge is -2.15. The molecule has 114 valence electrons. The van der Waals surface area contributed by atoms with Crippen LogP contribution in [0.25, 0.3) is 0 Å². The highest BCUT2D eigenvalue weighted by molar-refractivity contribution is 7.51. The van der Waals surface area contributed by atoms with Crippen LogP contribution in [0.2, 0.25) is 0 Å². The summed E-state index contributed by atoms with van der Waals surface area (Å²) < 4.78 is 32.1. The summed E-state index contributed by atoms with van der Waals surface area (Å²) >= 11 is 0. The lowest BCUT2D eigenvalue weighted by Crippen LogP contribution is -1.99. The summed E-state index contributed by atoms with van der Waals surface area (Å²) in [6.07, 6.45) is -1.11. The molecule has 0 bridgehead atoms. The number of rotatable bonds is 6. The van der Waals surface area contributed by atoms with Crippen LogP contribution in [0.1, 0.15) is 11.1 Å². The summed E-state index contributed by atoms with van der Waals surface area (Å²) in [6.45, 7) is 0. The Kier molecular flexibility index (Phi) is 5.38. The summed E-state index contributed by atoms with van der Waals surface area (Å²) in [4.78, 5) is 36.0. The van der Waals surface area contributed by atoms with Crippen LogP contribution >= 0.6 is 15.2 Å². The number of benzene rings is 1. The first-order chi connectivity index (χ1) is 9.05. The Labute approximate surface area is 115 Å². The van der Waals surface area contributed by atoms with Gasteiger partial charge in [0.05, 0.1) is 26.5 Å². The topological polar surface area (TPSA) is 134 Å². The van der Waals surface area contributed by atoms with Crippen molar-refractivity contribution in [2.24, 2.45) is 0 Å². The molecule has 1 rings (SSSR count). The van der Waals surface area contributed by atoms with Gasteiger partial charge in [0, 0.05) is 11.1 Å². The second-order valence-electron chi connectivity index (χ2n) is 4.12. The van der Waals surface area contributed by atoms with Crippen molar-refractivity contribution >= 4 is 15.2 Å². The smallest absolute Gasteiger partial charge is 0.330 e. The highest BCUT2D eigenvalue weighted by atomic mass is 31.2. The van der Waals surface area contributed by atoms with Crippen LogP contribution in [0.15, 0.2) is 12.1 Å². The van der Waals surface area contributed by atoms with Gasteiger partial charge < -0.3 is 29.0 Å². The van der Waals surface area contributed by atoms with E-state index in [0.717, 1.165) is 0 Å². The van der Waals surface area contributed by atoms with Crippen LogP contribution < -0.4 is 9.47 Å². The highest BCUT2D eigenvalue weighted by Crippen LogP contribution is 2.46. The van der Waals surface area contributed by atoms with Crippen LogP contribution in [0.5, 0.6) is 11.5 Å². The Bertz CT molecular complexity index is 521. The van der Waals surface area contributed by atoms with E-state index in [1.165, 1.54) is 26.4 Å². The molecule has 0 radical (unpaired) electrons. The van der Waals surface area contributed by atoms with E-state index in [0.29, 0.717) is 0 Å². The largest absolute Gasteiger partial charge is 0.496 e. The van der Waals surface area contributed by atoms with Crippen LogP contribution in [0.4, 0.5) is 0 Å². The van der Waals surface area contributed by atoms with E-state index < -0.39 is 27.5 Å². The normalized spacial score (nSPS) is 12.3. The van der Waals surface area contributed by atoms with Gasteiger partial charge >= 0.3 is 15.2 Å². The Hall–Kier alpha value is -0.880. The van der Waals surface area contributed by atoms with Crippen molar-refractivity contribution in [2.45, 2.75) is 12.3 Å². The van der Waals surface area contributed by atoms with Crippen molar-refractivity contribution in [3.63, 3.8) is 0 Å². The van der Waals surface area contributed by atoms with Crippen molar-refractivity contribution < 1.29 is 38.2 Å². The highest BCUT2D eigenvalue weighted by Gasteiger charge is 2.23. The zero-order valence-electron chi connectivity index (χ0n) is 10.9. The van der Waals surface area contributed by atoms with E-state index in [-0.39, 0.29) is 22.6 Å². The minimum Gasteiger partial charge on any atom is -0.496 e. The summed E-state index contributed by atoms with van der Waals surface area (Å²) in [5.74, 6) is 0.273.